The van der Waals surface area contributed by atoms with E-state index in [0.29, 0.717) is 0 Å². The van der Waals surface area contributed by atoms with Gasteiger partial charge in [-0.05, 0) is 31.6 Å². The highest BCUT2D eigenvalue weighted by Crippen LogP contribution is 2.35. The van der Waals surface area contributed by atoms with Gasteiger partial charge in [-0.25, -0.2) is 0 Å². The van der Waals surface area contributed by atoms with Gasteiger partial charge < -0.3 is 0 Å². The average Bonchev–Trinajstić information content (AvgIpc) is 3.12. The zero-order chi connectivity index (χ0) is 15.7. The molecule has 2 nitrogen and oxygen atoms in total. The van der Waals surface area contributed by atoms with Gasteiger partial charge in [0, 0.05) is 20.9 Å². The normalized spacial score (nSPS) is 11.4. The maximum atomic E-state index is 4.50. The summed E-state index contributed by atoms with van der Waals surface area (Å²) in [6.45, 7) is 12.1. The number of nitrogens with zero attached hydrogens (tertiary/aromatic N) is 2. The van der Waals surface area contributed by atoms with E-state index in [9.17, 15) is 0 Å². The first-order valence-corrected chi connectivity index (χ1v) is 8.46. The maximum absolute atomic E-state index is 4.50. The van der Waals surface area contributed by atoms with Crippen molar-refractivity contribution in [1.82, 2.24) is 8.75 Å². The van der Waals surface area contributed by atoms with Gasteiger partial charge in [-0.1, -0.05) is 43.0 Å². The van der Waals surface area contributed by atoms with Crippen molar-refractivity contribution in [3.05, 3.63) is 65.6 Å². The number of thiophene rings is 1. The predicted molar refractivity (Wildman–Crippen MR) is 98.5 cm³/mol. The second kappa shape index (κ2) is 5.99. The number of rotatable bonds is 4. The summed E-state index contributed by atoms with van der Waals surface area (Å²) in [5.41, 5.74) is 5.97. The predicted octanol–water partition coefficient (Wildman–Crippen LogP) is 5.87. The second-order valence-electron chi connectivity index (χ2n) is 5.24. The fourth-order valence-electron chi connectivity index (χ4n) is 2.24. The molecule has 1 aromatic carbocycles. The largest absolute Gasteiger partial charge is 0.172 e. The first-order valence-electron chi connectivity index (χ1n) is 6.91. The average molecular weight is 324 g/mol. The monoisotopic (exact) mass is 324 g/mol. The minimum Gasteiger partial charge on any atom is -0.172 e. The molecule has 110 valence electrons. The highest BCUT2D eigenvalue weighted by atomic mass is 32.1. The highest BCUT2D eigenvalue weighted by Gasteiger charge is 2.13. The molecule has 0 aliphatic heterocycles. The first-order chi connectivity index (χ1) is 10.6. The molecule has 0 saturated heterocycles. The summed E-state index contributed by atoms with van der Waals surface area (Å²) in [5, 5.41) is 0. The van der Waals surface area contributed by atoms with Crippen LogP contribution in [0.2, 0.25) is 0 Å². The van der Waals surface area contributed by atoms with Crippen LogP contribution in [0.3, 0.4) is 0 Å². The standard InChI is InChI=1S/C18H16N2S2/c1-11(2)5-6-12(3)14-8-9-15(16-10-7-13(4)21-16)18-17(14)19-22-20-18/h5-10H,1,3H2,2,4H3/b6-5-. The number of benzene rings is 1. The van der Waals surface area contributed by atoms with E-state index in [1.807, 2.05) is 19.1 Å². The smallest absolute Gasteiger partial charge is 0.114 e. The first kappa shape index (κ1) is 14.9. The van der Waals surface area contributed by atoms with Crippen molar-refractivity contribution in [1.29, 1.82) is 0 Å². The van der Waals surface area contributed by atoms with Crippen LogP contribution < -0.4 is 0 Å². The Kier molecular flexibility index (Phi) is 4.05. The lowest BCUT2D eigenvalue weighted by Crippen LogP contribution is -1.86. The molecule has 0 atom stereocenters. The summed E-state index contributed by atoms with van der Waals surface area (Å²) in [6, 6.07) is 8.47. The molecular formula is C18H16N2S2. The Bertz CT molecular complexity index is 897. The number of aryl methyl sites for hydroxylation is 1. The highest BCUT2D eigenvalue weighted by molar-refractivity contribution is 7.15. The van der Waals surface area contributed by atoms with Crippen molar-refractivity contribution in [3.8, 4) is 10.4 Å². The van der Waals surface area contributed by atoms with E-state index in [4.69, 9.17) is 0 Å². The Morgan fingerprint density at radius 2 is 1.82 bits per heavy atom. The zero-order valence-electron chi connectivity index (χ0n) is 12.6. The van der Waals surface area contributed by atoms with Gasteiger partial charge in [-0.15, -0.1) is 11.3 Å². The summed E-state index contributed by atoms with van der Waals surface area (Å²) < 4.78 is 8.97. The number of aromatic nitrogens is 2. The summed E-state index contributed by atoms with van der Waals surface area (Å²) in [4.78, 5) is 2.52. The van der Waals surface area contributed by atoms with Gasteiger partial charge in [-0.2, -0.15) is 8.75 Å². The lowest BCUT2D eigenvalue weighted by Gasteiger charge is -2.05. The third-order valence-electron chi connectivity index (χ3n) is 3.34. The van der Waals surface area contributed by atoms with E-state index in [2.05, 4.69) is 53.1 Å². The van der Waals surface area contributed by atoms with Gasteiger partial charge in [0.1, 0.15) is 11.0 Å². The Hall–Kier alpha value is -2.04. The van der Waals surface area contributed by atoms with Crippen LogP contribution in [0.1, 0.15) is 17.4 Å². The van der Waals surface area contributed by atoms with Crippen LogP contribution >= 0.6 is 23.1 Å². The summed E-state index contributed by atoms with van der Waals surface area (Å²) >= 11 is 3.02. The van der Waals surface area contributed by atoms with E-state index >= 15 is 0 Å². The van der Waals surface area contributed by atoms with Gasteiger partial charge in [0.25, 0.3) is 0 Å². The van der Waals surface area contributed by atoms with E-state index < -0.39 is 0 Å². The molecule has 3 aromatic rings. The van der Waals surface area contributed by atoms with Crippen LogP contribution in [0.4, 0.5) is 0 Å². The molecule has 2 heterocycles. The molecule has 0 amide bonds. The molecule has 2 aromatic heterocycles. The van der Waals surface area contributed by atoms with Gasteiger partial charge in [0.2, 0.25) is 0 Å². The van der Waals surface area contributed by atoms with Gasteiger partial charge in [0.05, 0.1) is 11.7 Å². The van der Waals surface area contributed by atoms with Crippen LogP contribution in [-0.2, 0) is 0 Å². The number of allylic oxidation sites excluding steroid dienone is 4. The molecular weight excluding hydrogens is 308 g/mol. The Morgan fingerprint density at radius 1 is 1.05 bits per heavy atom. The fourth-order valence-corrected chi connectivity index (χ4v) is 3.70. The molecule has 3 rings (SSSR count). The topological polar surface area (TPSA) is 25.8 Å². The second-order valence-corrected chi connectivity index (χ2v) is 7.05. The minimum atomic E-state index is 0.921. The molecule has 4 heteroatoms. The summed E-state index contributed by atoms with van der Waals surface area (Å²) in [6.07, 6.45) is 3.94. The lowest BCUT2D eigenvalue weighted by atomic mass is 10.0. The molecule has 0 aliphatic carbocycles. The van der Waals surface area contributed by atoms with E-state index in [-0.39, 0.29) is 0 Å². The van der Waals surface area contributed by atoms with Crippen LogP contribution in [-0.4, -0.2) is 8.75 Å². The molecule has 0 saturated carbocycles. The summed E-state index contributed by atoms with van der Waals surface area (Å²) in [7, 11) is 0. The van der Waals surface area contributed by atoms with Crippen molar-refractivity contribution in [3.63, 3.8) is 0 Å². The van der Waals surface area contributed by atoms with E-state index in [1.165, 1.54) is 21.5 Å². The third kappa shape index (κ3) is 2.80. The minimum absolute atomic E-state index is 0.921. The number of fused-ring (bicyclic) bond motifs is 1. The fraction of sp³-hybridized carbons (Fsp3) is 0.111. The molecule has 0 unspecified atom stereocenters. The maximum Gasteiger partial charge on any atom is 0.114 e. The van der Waals surface area contributed by atoms with Crippen LogP contribution in [0.25, 0.3) is 27.0 Å². The molecule has 0 spiro atoms. The van der Waals surface area contributed by atoms with Crippen molar-refractivity contribution in [2.75, 3.05) is 0 Å². The number of hydrogen-bond donors (Lipinski definition) is 0. The van der Waals surface area contributed by atoms with Crippen LogP contribution in [0.15, 0.2) is 55.1 Å². The van der Waals surface area contributed by atoms with Crippen molar-refractivity contribution >= 4 is 39.7 Å². The van der Waals surface area contributed by atoms with Gasteiger partial charge in [0.15, 0.2) is 0 Å². The lowest BCUT2D eigenvalue weighted by molar-refractivity contribution is 1.55. The van der Waals surface area contributed by atoms with Crippen LogP contribution in [0, 0.1) is 6.92 Å². The van der Waals surface area contributed by atoms with Gasteiger partial charge >= 0.3 is 0 Å². The van der Waals surface area contributed by atoms with Crippen LogP contribution in [0.5, 0.6) is 0 Å². The SMILES string of the molecule is C=C(C)/C=C\C(=C)c1ccc(-c2ccc(C)s2)c2nsnc12. The Balaban J connectivity index is 2.11. The molecule has 0 fully saturated rings. The summed E-state index contributed by atoms with van der Waals surface area (Å²) in [5.74, 6) is 0. The molecule has 0 N–H and O–H groups in total. The molecule has 22 heavy (non-hydrogen) atoms. The molecule has 0 radical (unpaired) electrons. The van der Waals surface area contributed by atoms with E-state index in [1.54, 1.807) is 11.3 Å². The van der Waals surface area contributed by atoms with E-state index in [0.717, 1.165) is 33.3 Å². The quantitative estimate of drug-likeness (QED) is 0.561. The Morgan fingerprint density at radius 3 is 2.50 bits per heavy atom. The Labute approximate surface area is 138 Å². The van der Waals surface area contributed by atoms with Crippen molar-refractivity contribution in [2.45, 2.75) is 13.8 Å². The molecule has 0 bridgehead atoms. The van der Waals surface area contributed by atoms with Gasteiger partial charge in [-0.3, -0.25) is 0 Å². The third-order valence-corrected chi connectivity index (χ3v) is 4.90. The van der Waals surface area contributed by atoms with Crippen molar-refractivity contribution < 1.29 is 0 Å². The molecule has 0 aliphatic rings. The number of hydrogen-bond acceptors (Lipinski definition) is 4. The van der Waals surface area contributed by atoms with Crippen molar-refractivity contribution in [2.24, 2.45) is 0 Å². The zero-order valence-corrected chi connectivity index (χ0v) is 14.2.